The van der Waals surface area contributed by atoms with Crippen LogP contribution in [0, 0.1) is 46.8 Å². The quantitative estimate of drug-likeness (QED) is 0.196. The number of esters is 3. The van der Waals surface area contributed by atoms with E-state index in [0.29, 0.717) is 57.4 Å². The third-order valence-electron chi connectivity index (χ3n) is 16.4. The molecule has 4 aliphatic carbocycles. The van der Waals surface area contributed by atoms with Crippen LogP contribution in [0.15, 0.2) is 0 Å². The van der Waals surface area contributed by atoms with Crippen molar-refractivity contribution in [2.24, 2.45) is 46.8 Å². The lowest BCUT2D eigenvalue weighted by atomic mass is 9.48. The number of rotatable bonds is 9. The molecule has 1 spiro atoms. The van der Waals surface area contributed by atoms with Gasteiger partial charge in [-0.25, -0.2) is 0 Å². The summed E-state index contributed by atoms with van der Waals surface area (Å²) >= 11 is 0. The van der Waals surface area contributed by atoms with Crippen LogP contribution in [-0.2, 0) is 33.3 Å². The second-order valence-corrected chi connectivity index (χ2v) is 19.8. The molecule has 0 aromatic carbocycles. The van der Waals surface area contributed by atoms with Gasteiger partial charge >= 0.3 is 17.9 Å². The van der Waals surface area contributed by atoms with E-state index in [0.717, 1.165) is 6.42 Å². The number of carbonyl (C=O) groups is 3. The summed E-state index contributed by atoms with van der Waals surface area (Å²) in [5.74, 6) is -5.86. The van der Waals surface area contributed by atoms with Crippen molar-refractivity contribution in [3.05, 3.63) is 0 Å². The molecule has 7 unspecified atom stereocenters. The number of carbonyl (C=O) groups excluding carboxylic acids is 3. The molecule has 0 amide bonds. The highest BCUT2D eigenvalue weighted by molar-refractivity contribution is 5.73. The van der Waals surface area contributed by atoms with E-state index in [4.69, 9.17) is 18.9 Å². The lowest BCUT2D eigenvalue weighted by molar-refractivity contribution is -0.355. The normalized spacial score (nSPS) is 49.3. The number of nitrogens with zero attached hydrogens (tertiary/aromatic N) is 1. The fraction of sp³-hybridized carbons (Fsp3) is 0.929. The van der Waals surface area contributed by atoms with Crippen molar-refractivity contribution < 1.29 is 59.2 Å². The largest absolute Gasteiger partial charge is 0.459 e. The Labute approximate surface area is 326 Å². The Morgan fingerprint density at radius 3 is 2.00 bits per heavy atom. The minimum atomic E-state index is -2.12. The minimum Gasteiger partial charge on any atom is -0.459 e. The zero-order valence-corrected chi connectivity index (χ0v) is 34.6. The summed E-state index contributed by atoms with van der Waals surface area (Å²) in [7, 11) is 0. The Balaban J connectivity index is 0.00000514. The fourth-order valence-electron chi connectivity index (χ4n) is 13.1. The number of hydrogen-bond acceptors (Lipinski definition) is 12. The fourth-order valence-corrected chi connectivity index (χ4v) is 13.1. The molecule has 3 heterocycles. The van der Waals surface area contributed by atoms with Gasteiger partial charge in [0.05, 0.1) is 17.4 Å². The molecule has 55 heavy (non-hydrogen) atoms. The van der Waals surface area contributed by atoms with Crippen LogP contribution in [0.4, 0.5) is 0 Å². The zero-order valence-electron chi connectivity index (χ0n) is 34.6. The molecule has 4 bridgehead atoms. The summed E-state index contributed by atoms with van der Waals surface area (Å²) in [6.07, 6.45) is 1.79. The monoisotopic (exact) mass is 779 g/mol. The van der Waals surface area contributed by atoms with Crippen molar-refractivity contribution in [3.8, 4) is 0 Å². The highest BCUT2D eigenvalue weighted by Gasteiger charge is 2.90. The molecule has 7 aliphatic rings. The van der Waals surface area contributed by atoms with Gasteiger partial charge in [0.1, 0.15) is 28.5 Å². The van der Waals surface area contributed by atoms with E-state index in [1.807, 2.05) is 27.7 Å². The van der Waals surface area contributed by atoms with Gasteiger partial charge in [0.2, 0.25) is 0 Å². The van der Waals surface area contributed by atoms with E-state index in [2.05, 4.69) is 18.7 Å². The van der Waals surface area contributed by atoms with E-state index < -0.39 is 99.0 Å². The summed E-state index contributed by atoms with van der Waals surface area (Å²) in [5, 5.41) is 52.9. The van der Waals surface area contributed by atoms with E-state index >= 15 is 0 Å². The van der Waals surface area contributed by atoms with Crippen molar-refractivity contribution in [1.29, 1.82) is 0 Å². The number of fused-ring (bicyclic) bond motifs is 5. The second kappa shape index (κ2) is 13.9. The van der Waals surface area contributed by atoms with Gasteiger partial charge in [-0.05, 0) is 70.1 Å². The Morgan fingerprint density at radius 1 is 0.800 bits per heavy atom. The van der Waals surface area contributed by atoms with Crippen LogP contribution in [-0.4, -0.2) is 114 Å². The Hall–Kier alpha value is -1.87. The third-order valence-corrected chi connectivity index (χ3v) is 16.4. The van der Waals surface area contributed by atoms with E-state index in [1.54, 1.807) is 20.8 Å². The van der Waals surface area contributed by atoms with Crippen molar-refractivity contribution in [1.82, 2.24) is 4.90 Å². The summed E-state index contributed by atoms with van der Waals surface area (Å²) in [4.78, 5) is 42.9. The van der Waals surface area contributed by atoms with Crippen LogP contribution >= 0.6 is 0 Å². The summed E-state index contributed by atoms with van der Waals surface area (Å²) in [6, 6.07) is -0.454. The van der Waals surface area contributed by atoms with Crippen LogP contribution < -0.4 is 0 Å². The van der Waals surface area contributed by atoms with Gasteiger partial charge in [-0.1, -0.05) is 55.4 Å². The molecular formula is C42H69NO12. The van der Waals surface area contributed by atoms with Gasteiger partial charge in [0.15, 0.2) is 6.10 Å². The molecule has 3 saturated heterocycles. The lowest BCUT2D eigenvalue weighted by Gasteiger charge is -2.68. The second-order valence-electron chi connectivity index (χ2n) is 19.8. The predicted molar refractivity (Wildman–Crippen MR) is 200 cm³/mol. The highest BCUT2D eigenvalue weighted by Crippen LogP contribution is 2.79. The molecular weight excluding hydrogens is 710 g/mol. The Bertz CT molecular complexity index is 1520. The van der Waals surface area contributed by atoms with Crippen LogP contribution in [0.5, 0.6) is 0 Å². The molecule has 16 atom stereocenters. The smallest absolute Gasteiger partial charge is 0.309 e. The summed E-state index contributed by atoms with van der Waals surface area (Å²) in [6.45, 7) is 17.9. The third kappa shape index (κ3) is 5.59. The standard InChI is InChI=1S/C42H67NO11.H2O/c1-10-25(6)34(45)51-31-16-17-36(8)27-13-14-28-38(48)19-32(52-35(46)26(7)11-2)41(50)29(21-43-20-24(5)12-15-30(43)37(41,9)47)39(38,49)22-40(28,36)54-42(27,31)53-33(44)18-23(3)4;/h23-32,47-50H,10-22H2,1-9H3;1H2/t24-,25?,26?,27?,28-,29-,30-,31?,32?,36-,37+,38+,39+,40?,41-,42?;/m0./s1. The average Bonchev–Trinajstić information content (AvgIpc) is 3.27. The van der Waals surface area contributed by atoms with Crippen LogP contribution in [0.25, 0.3) is 0 Å². The number of hydrogen-bond donors (Lipinski definition) is 4. The number of piperidine rings is 2. The molecule has 13 nitrogen and oxygen atoms in total. The maximum atomic E-state index is 13.7. The first-order valence-electron chi connectivity index (χ1n) is 21.1. The van der Waals surface area contributed by atoms with Crippen LogP contribution in [0.2, 0.25) is 0 Å². The molecule has 4 saturated carbocycles. The first-order valence-corrected chi connectivity index (χ1v) is 21.1. The molecule has 314 valence electrons. The number of aliphatic hydroxyl groups is 4. The Morgan fingerprint density at radius 2 is 1.40 bits per heavy atom. The SMILES string of the molecule is CCC(C)C(=O)OC1CC[C@@]2(C)C3CC[C@@H]4C2(C[C@@]2(O)[C@@H]5CN6C[C@@H](C)CC[C@H]6[C@@](C)(O)[C@@]5(O)C(OC(=O)C(C)CC)C[C@@]42O)OC13OC(=O)CC(C)C.O. The number of ether oxygens (including phenoxy) is 4. The molecule has 7 fully saturated rings. The van der Waals surface area contributed by atoms with Gasteiger partial charge in [-0.15, -0.1) is 0 Å². The van der Waals surface area contributed by atoms with E-state index in [1.165, 1.54) is 0 Å². The highest BCUT2D eigenvalue weighted by atomic mass is 16.8. The first-order chi connectivity index (χ1) is 25.1. The molecule has 0 aromatic heterocycles. The molecule has 0 radical (unpaired) electrons. The lowest BCUT2D eigenvalue weighted by Crippen LogP contribution is -2.85. The molecule has 13 heteroatoms. The minimum absolute atomic E-state index is 0. The van der Waals surface area contributed by atoms with E-state index in [9.17, 15) is 34.8 Å². The van der Waals surface area contributed by atoms with E-state index in [-0.39, 0.29) is 43.1 Å². The molecule has 0 aromatic rings. The van der Waals surface area contributed by atoms with Gasteiger partial charge in [-0.2, -0.15) is 0 Å². The van der Waals surface area contributed by atoms with Crippen molar-refractivity contribution in [3.63, 3.8) is 0 Å². The van der Waals surface area contributed by atoms with Crippen LogP contribution in [0.3, 0.4) is 0 Å². The maximum absolute atomic E-state index is 13.7. The predicted octanol–water partition coefficient (Wildman–Crippen LogP) is 3.44. The van der Waals surface area contributed by atoms with Gasteiger partial charge < -0.3 is 44.8 Å². The first kappa shape index (κ1) is 42.7. The maximum Gasteiger partial charge on any atom is 0.309 e. The average molecular weight is 780 g/mol. The zero-order chi connectivity index (χ0) is 39.6. The topological polar surface area (TPSA) is 204 Å². The Kier molecular flexibility index (Phi) is 10.8. The van der Waals surface area contributed by atoms with Gasteiger partial charge in [-0.3, -0.25) is 19.3 Å². The van der Waals surface area contributed by atoms with Crippen molar-refractivity contribution in [2.75, 3.05) is 13.1 Å². The molecule has 7 rings (SSSR count). The van der Waals surface area contributed by atoms with Crippen LogP contribution in [0.1, 0.15) is 133 Å². The van der Waals surface area contributed by atoms with Crippen molar-refractivity contribution >= 4 is 17.9 Å². The molecule has 6 N–H and O–H groups in total. The van der Waals surface area contributed by atoms with Gasteiger partial charge in [0.25, 0.3) is 5.79 Å². The summed E-state index contributed by atoms with van der Waals surface area (Å²) < 4.78 is 26.3. The van der Waals surface area contributed by atoms with Gasteiger partial charge in [0, 0.05) is 61.6 Å². The molecule has 3 aliphatic heterocycles. The van der Waals surface area contributed by atoms with Crippen molar-refractivity contribution in [2.45, 2.75) is 185 Å². The summed E-state index contributed by atoms with van der Waals surface area (Å²) in [5.41, 5.74) is -9.89.